The lowest BCUT2D eigenvalue weighted by Gasteiger charge is -2.24. The molecule has 3 rings (SSSR count). The van der Waals surface area contributed by atoms with Crippen molar-refractivity contribution in [3.8, 4) is 10.6 Å². The molecule has 0 N–H and O–H groups in total. The average Bonchev–Trinajstić information content (AvgIpc) is 3.17. The lowest BCUT2D eigenvalue weighted by Crippen LogP contribution is -2.36. The summed E-state index contributed by atoms with van der Waals surface area (Å²) in [7, 11) is 2.15. The van der Waals surface area contributed by atoms with Crippen LogP contribution in [0.2, 0.25) is 0 Å². The number of likely N-dealkylation sites (tertiary alicyclic amines) is 1. The molecule has 0 unspecified atom stereocenters. The van der Waals surface area contributed by atoms with Crippen LogP contribution >= 0.6 is 11.3 Å². The number of benzene rings is 1. The molecule has 0 saturated carbocycles. The van der Waals surface area contributed by atoms with Crippen LogP contribution in [-0.4, -0.2) is 53.9 Å². The van der Waals surface area contributed by atoms with Crippen LogP contribution in [0.5, 0.6) is 0 Å². The maximum atomic E-state index is 13.0. The molecule has 0 aliphatic carbocycles. The van der Waals surface area contributed by atoms with E-state index in [0.29, 0.717) is 5.92 Å². The SMILES string of the molecule is CCN(C[C@H]1CCN(C)C1)C(=O)c1cccc(-c2nc(C)c(C)s2)c1. The molecule has 0 radical (unpaired) electrons. The largest absolute Gasteiger partial charge is 0.339 e. The molecule has 5 heteroatoms. The Morgan fingerprint density at radius 2 is 2.20 bits per heavy atom. The van der Waals surface area contributed by atoms with Crippen LogP contribution in [0.15, 0.2) is 24.3 Å². The predicted octanol–water partition coefficient (Wildman–Crippen LogP) is 3.84. The molecule has 4 nitrogen and oxygen atoms in total. The van der Waals surface area contributed by atoms with Gasteiger partial charge in [0.25, 0.3) is 5.91 Å². The van der Waals surface area contributed by atoms with Crippen LogP contribution in [0.3, 0.4) is 0 Å². The number of hydrogen-bond acceptors (Lipinski definition) is 4. The molecule has 1 amide bonds. The number of nitrogens with zero attached hydrogens (tertiary/aromatic N) is 3. The van der Waals surface area contributed by atoms with Crippen molar-refractivity contribution < 1.29 is 4.79 Å². The number of amides is 1. The molecule has 1 aliphatic rings. The third kappa shape index (κ3) is 4.10. The number of rotatable bonds is 5. The fraction of sp³-hybridized carbons (Fsp3) is 0.500. The topological polar surface area (TPSA) is 36.4 Å². The minimum atomic E-state index is 0.129. The minimum Gasteiger partial charge on any atom is -0.339 e. The fourth-order valence-electron chi connectivity index (χ4n) is 3.41. The third-order valence-electron chi connectivity index (χ3n) is 5.02. The summed E-state index contributed by atoms with van der Waals surface area (Å²) >= 11 is 1.69. The van der Waals surface area contributed by atoms with Gasteiger partial charge in [0, 0.05) is 35.6 Å². The molecule has 25 heavy (non-hydrogen) atoms. The van der Waals surface area contributed by atoms with Crippen molar-refractivity contribution in [2.45, 2.75) is 27.2 Å². The Hall–Kier alpha value is -1.72. The Labute approximate surface area is 154 Å². The summed E-state index contributed by atoms with van der Waals surface area (Å²) in [6.07, 6.45) is 1.18. The fourth-order valence-corrected chi connectivity index (χ4v) is 4.32. The highest BCUT2D eigenvalue weighted by atomic mass is 32.1. The standard InChI is InChI=1S/C20H27N3OS/c1-5-23(13-16-9-10-22(4)12-16)20(24)18-8-6-7-17(11-18)19-21-14(2)15(3)25-19/h6-8,11,16H,5,9-10,12-13H2,1-4H3/t16-/m0/s1. The van der Waals surface area contributed by atoms with E-state index in [0.717, 1.165) is 48.0 Å². The van der Waals surface area contributed by atoms with E-state index < -0.39 is 0 Å². The van der Waals surface area contributed by atoms with Crippen molar-refractivity contribution >= 4 is 17.2 Å². The maximum absolute atomic E-state index is 13.0. The number of hydrogen-bond donors (Lipinski definition) is 0. The van der Waals surface area contributed by atoms with Gasteiger partial charge in [0.1, 0.15) is 5.01 Å². The summed E-state index contributed by atoms with van der Waals surface area (Å²) in [5.41, 5.74) is 2.86. The summed E-state index contributed by atoms with van der Waals surface area (Å²) < 4.78 is 0. The molecule has 2 aromatic rings. The molecule has 1 aromatic carbocycles. The van der Waals surface area contributed by atoms with E-state index in [1.54, 1.807) is 11.3 Å². The van der Waals surface area contributed by atoms with Crippen LogP contribution in [0.4, 0.5) is 0 Å². The van der Waals surface area contributed by atoms with Gasteiger partial charge in [0.2, 0.25) is 0 Å². The Morgan fingerprint density at radius 1 is 1.40 bits per heavy atom. The first-order chi connectivity index (χ1) is 12.0. The van der Waals surface area contributed by atoms with E-state index >= 15 is 0 Å². The average molecular weight is 358 g/mol. The lowest BCUT2D eigenvalue weighted by atomic mass is 10.1. The molecule has 1 aromatic heterocycles. The second kappa shape index (κ2) is 7.67. The molecule has 134 valence electrons. The van der Waals surface area contributed by atoms with E-state index in [1.807, 2.05) is 36.1 Å². The Morgan fingerprint density at radius 3 is 2.80 bits per heavy atom. The zero-order valence-corrected chi connectivity index (χ0v) is 16.4. The number of carbonyl (C=O) groups is 1. The molecule has 1 aliphatic heterocycles. The van der Waals surface area contributed by atoms with Crippen LogP contribution in [0.25, 0.3) is 10.6 Å². The lowest BCUT2D eigenvalue weighted by molar-refractivity contribution is 0.0740. The molecular formula is C20H27N3OS. The highest BCUT2D eigenvalue weighted by Gasteiger charge is 2.24. The van der Waals surface area contributed by atoms with Gasteiger partial charge in [0.15, 0.2) is 0 Å². The Bertz CT molecular complexity index is 736. The van der Waals surface area contributed by atoms with Gasteiger partial charge in [-0.15, -0.1) is 11.3 Å². The van der Waals surface area contributed by atoms with Gasteiger partial charge in [0.05, 0.1) is 5.69 Å². The predicted molar refractivity (Wildman–Crippen MR) is 104 cm³/mol. The maximum Gasteiger partial charge on any atom is 0.253 e. The monoisotopic (exact) mass is 357 g/mol. The van der Waals surface area contributed by atoms with E-state index in [9.17, 15) is 4.79 Å². The van der Waals surface area contributed by atoms with E-state index in [2.05, 4.69) is 30.8 Å². The van der Waals surface area contributed by atoms with Crippen molar-refractivity contribution in [3.05, 3.63) is 40.4 Å². The second-order valence-corrected chi connectivity index (χ2v) is 8.21. The van der Waals surface area contributed by atoms with Crippen LogP contribution < -0.4 is 0 Å². The summed E-state index contributed by atoms with van der Waals surface area (Å²) in [6, 6.07) is 7.91. The molecular weight excluding hydrogens is 330 g/mol. The van der Waals surface area contributed by atoms with Crippen LogP contribution in [-0.2, 0) is 0 Å². The van der Waals surface area contributed by atoms with Crippen molar-refractivity contribution in [3.63, 3.8) is 0 Å². The highest BCUT2D eigenvalue weighted by Crippen LogP contribution is 2.28. The van der Waals surface area contributed by atoms with Crippen LogP contribution in [0.1, 0.15) is 34.3 Å². The summed E-state index contributed by atoms with van der Waals surface area (Å²) in [5.74, 6) is 0.713. The van der Waals surface area contributed by atoms with Gasteiger partial charge >= 0.3 is 0 Å². The summed E-state index contributed by atoms with van der Waals surface area (Å²) in [4.78, 5) is 23.2. The smallest absolute Gasteiger partial charge is 0.253 e. The Balaban J connectivity index is 1.77. The van der Waals surface area contributed by atoms with Gasteiger partial charge in [-0.1, -0.05) is 12.1 Å². The zero-order valence-electron chi connectivity index (χ0n) is 15.6. The first kappa shape index (κ1) is 18.1. The summed E-state index contributed by atoms with van der Waals surface area (Å²) in [6.45, 7) is 9.99. The summed E-state index contributed by atoms with van der Waals surface area (Å²) in [5, 5.41) is 0.991. The van der Waals surface area contributed by atoms with E-state index in [-0.39, 0.29) is 5.91 Å². The molecule has 1 saturated heterocycles. The van der Waals surface area contributed by atoms with Gasteiger partial charge in [-0.05, 0) is 58.8 Å². The van der Waals surface area contributed by atoms with Gasteiger partial charge in [-0.25, -0.2) is 4.98 Å². The molecule has 0 spiro atoms. The van der Waals surface area contributed by atoms with Crippen molar-refractivity contribution in [1.82, 2.24) is 14.8 Å². The van der Waals surface area contributed by atoms with Gasteiger partial charge in [-0.2, -0.15) is 0 Å². The number of thiazole rings is 1. The van der Waals surface area contributed by atoms with Crippen molar-refractivity contribution in [2.24, 2.45) is 5.92 Å². The number of carbonyl (C=O) groups excluding carboxylic acids is 1. The number of aryl methyl sites for hydroxylation is 2. The van der Waals surface area contributed by atoms with Crippen molar-refractivity contribution in [2.75, 3.05) is 33.2 Å². The molecule has 2 heterocycles. The molecule has 0 bridgehead atoms. The minimum absolute atomic E-state index is 0.129. The highest BCUT2D eigenvalue weighted by molar-refractivity contribution is 7.15. The number of aromatic nitrogens is 1. The van der Waals surface area contributed by atoms with E-state index in [1.165, 1.54) is 11.3 Å². The van der Waals surface area contributed by atoms with E-state index in [4.69, 9.17) is 0 Å². The molecule has 1 atom stereocenters. The zero-order chi connectivity index (χ0) is 18.0. The first-order valence-corrected chi connectivity index (χ1v) is 9.82. The van der Waals surface area contributed by atoms with Gasteiger partial charge < -0.3 is 9.80 Å². The third-order valence-corrected chi connectivity index (χ3v) is 6.14. The quantitative estimate of drug-likeness (QED) is 0.816. The van der Waals surface area contributed by atoms with Gasteiger partial charge in [-0.3, -0.25) is 4.79 Å². The normalized spacial score (nSPS) is 17.8. The first-order valence-electron chi connectivity index (χ1n) is 9.00. The van der Waals surface area contributed by atoms with Crippen molar-refractivity contribution in [1.29, 1.82) is 0 Å². The Kier molecular flexibility index (Phi) is 5.54. The molecule has 1 fully saturated rings. The second-order valence-electron chi connectivity index (χ2n) is 7.00. The van der Waals surface area contributed by atoms with Crippen LogP contribution in [0, 0.1) is 19.8 Å².